The fourth-order valence-corrected chi connectivity index (χ4v) is 2.82. The van der Waals surface area contributed by atoms with Gasteiger partial charge in [0.25, 0.3) is 0 Å². The lowest BCUT2D eigenvalue weighted by Gasteiger charge is -2.38. The molecule has 2 aliphatic rings. The lowest BCUT2D eigenvalue weighted by Crippen LogP contribution is -2.47. The Bertz CT molecular complexity index is 511. The number of hydrogen-bond acceptors (Lipinski definition) is 3. The first-order valence-corrected chi connectivity index (χ1v) is 7.54. The minimum Gasteiger partial charge on any atom is -0.486 e. The summed E-state index contributed by atoms with van der Waals surface area (Å²) in [5, 5.41) is 0. The molecule has 0 radical (unpaired) electrons. The number of anilines is 1. The maximum Gasteiger partial charge on any atom is 0.230 e. The van der Waals surface area contributed by atoms with Gasteiger partial charge in [0.05, 0.1) is 12.2 Å². The number of ether oxygens (including phenoxy) is 1. The van der Waals surface area contributed by atoms with Crippen LogP contribution >= 0.6 is 0 Å². The molecule has 1 aliphatic carbocycles. The Labute approximate surface area is 119 Å². The summed E-state index contributed by atoms with van der Waals surface area (Å²) in [5.74, 6) is 1.28. The number of amides is 1. The minimum absolute atomic E-state index is 0.0829. The molecule has 1 heterocycles. The summed E-state index contributed by atoms with van der Waals surface area (Å²) in [6.45, 7) is 3.25. The van der Waals surface area contributed by atoms with E-state index < -0.39 is 0 Å². The minimum atomic E-state index is 0.0829. The maximum atomic E-state index is 12.6. The van der Waals surface area contributed by atoms with Crippen LogP contribution in [0.5, 0.6) is 5.75 Å². The van der Waals surface area contributed by atoms with Crippen LogP contribution in [0, 0.1) is 5.92 Å². The van der Waals surface area contributed by atoms with E-state index in [9.17, 15) is 4.79 Å². The predicted molar refractivity (Wildman–Crippen MR) is 78.7 cm³/mol. The van der Waals surface area contributed by atoms with Gasteiger partial charge in [0.2, 0.25) is 5.91 Å². The summed E-state index contributed by atoms with van der Waals surface area (Å²) in [6.07, 6.45) is 4.23. The summed E-state index contributed by atoms with van der Waals surface area (Å²) in [4.78, 5) is 14.5. The first kappa shape index (κ1) is 13.4. The van der Waals surface area contributed by atoms with E-state index in [0.717, 1.165) is 36.3 Å². The molecule has 0 bridgehead atoms. The van der Waals surface area contributed by atoms with Gasteiger partial charge in [0.1, 0.15) is 11.9 Å². The van der Waals surface area contributed by atoms with E-state index in [4.69, 9.17) is 10.5 Å². The summed E-state index contributed by atoms with van der Waals surface area (Å²) >= 11 is 0. The number of carbonyl (C=O) groups is 1. The van der Waals surface area contributed by atoms with E-state index in [1.807, 2.05) is 23.1 Å². The fraction of sp³-hybridized carbons (Fsp3) is 0.562. The second kappa shape index (κ2) is 5.44. The third-order valence-electron chi connectivity index (χ3n) is 4.41. The van der Waals surface area contributed by atoms with Crippen molar-refractivity contribution in [2.75, 3.05) is 11.4 Å². The Kier molecular flexibility index (Phi) is 3.66. The van der Waals surface area contributed by atoms with E-state index in [-0.39, 0.29) is 17.9 Å². The van der Waals surface area contributed by atoms with Gasteiger partial charge in [-0.05, 0) is 37.0 Å². The van der Waals surface area contributed by atoms with Crippen molar-refractivity contribution < 1.29 is 9.53 Å². The smallest absolute Gasteiger partial charge is 0.230 e. The van der Waals surface area contributed by atoms with E-state index in [1.165, 1.54) is 6.42 Å². The van der Waals surface area contributed by atoms with Gasteiger partial charge in [-0.1, -0.05) is 19.4 Å². The van der Waals surface area contributed by atoms with Crippen molar-refractivity contribution >= 4 is 11.6 Å². The van der Waals surface area contributed by atoms with Crippen LogP contribution in [0.4, 0.5) is 5.69 Å². The molecule has 0 spiro atoms. The van der Waals surface area contributed by atoms with Crippen molar-refractivity contribution in [2.24, 2.45) is 11.7 Å². The number of nitrogens with zero attached hydrogens (tertiary/aromatic N) is 1. The molecule has 108 valence electrons. The molecule has 1 aromatic carbocycles. The van der Waals surface area contributed by atoms with E-state index in [1.54, 1.807) is 0 Å². The van der Waals surface area contributed by atoms with Crippen LogP contribution in [-0.4, -0.2) is 18.6 Å². The van der Waals surface area contributed by atoms with Gasteiger partial charge in [-0.3, -0.25) is 4.79 Å². The highest BCUT2D eigenvalue weighted by Gasteiger charge is 2.35. The molecule has 1 amide bonds. The lowest BCUT2D eigenvalue weighted by molar-refractivity contribution is -0.125. The predicted octanol–water partition coefficient (Wildman–Crippen LogP) is 2.45. The monoisotopic (exact) mass is 274 g/mol. The molecule has 1 aromatic rings. The number of rotatable bonds is 3. The zero-order chi connectivity index (χ0) is 14.1. The molecule has 4 heteroatoms. The van der Waals surface area contributed by atoms with Gasteiger partial charge < -0.3 is 15.4 Å². The van der Waals surface area contributed by atoms with Crippen molar-refractivity contribution in [3.8, 4) is 5.75 Å². The SMILES string of the molecule is CCC1CN(C(=O)C2CCC2)c2ccc(CN)cc2O1. The number of hydrogen-bond donors (Lipinski definition) is 1. The van der Waals surface area contributed by atoms with Crippen LogP contribution in [0.25, 0.3) is 0 Å². The van der Waals surface area contributed by atoms with Gasteiger partial charge in [0.15, 0.2) is 0 Å². The standard InChI is InChI=1S/C16H22N2O2/c1-2-13-10-18(16(19)12-4-3-5-12)14-7-6-11(9-17)8-15(14)20-13/h6-8,12-13H,2-5,9-10,17H2,1H3. The zero-order valence-corrected chi connectivity index (χ0v) is 12.0. The Morgan fingerprint density at radius 3 is 2.85 bits per heavy atom. The maximum absolute atomic E-state index is 12.6. The van der Waals surface area contributed by atoms with Crippen molar-refractivity contribution in [3.05, 3.63) is 23.8 Å². The van der Waals surface area contributed by atoms with Gasteiger partial charge >= 0.3 is 0 Å². The largest absolute Gasteiger partial charge is 0.486 e. The molecular weight excluding hydrogens is 252 g/mol. The number of fused-ring (bicyclic) bond motifs is 1. The molecule has 2 N–H and O–H groups in total. The Morgan fingerprint density at radius 1 is 1.45 bits per heavy atom. The van der Waals surface area contributed by atoms with Gasteiger partial charge in [-0.2, -0.15) is 0 Å². The van der Waals surface area contributed by atoms with Crippen molar-refractivity contribution in [1.82, 2.24) is 0 Å². The summed E-state index contributed by atoms with van der Waals surface area (Å²) in [6, 6.07) is 5.92. The molecule has 3 rings (SSSR count). The summed E-state index contributed by atoms with van der Waals surface area (Å²) < 4.78 is 5.99. The van der Waals surface area contributed by atoms with E-state index >= 15 is 0 Å². The number of carbonyl (C=O) groups excluding carboxylic acids is 1. The van der Waals surface area contributed by atoms with Gasteiger partial charge in [-0.25, -0.2) is 0 Å². The third-order valence-corrected chi connectivity index (χ3v) is 4.41. The van der Waals surface area contributed by atoms with Crippen LogP contribution in [0.1, 0.15) is 38.2 Å². The van der Waals surface area contributed by atoms with Crippen LogP contribution in [-0.2, 0) is 11.3 Å². The van der Waals surface area contributed by atoms with Crippen molar-refractivity contribution in [1.29, 1.82) is 0 Å². The van der Waals surface area contributed by atoms with Crippen LogP contribution in [0.15, 0.2) is 18.2 Å². The summed E-state index contributed by atoms with van der Waals surface area (Å²) in [7, 11) is 0. The Morgan fingerprint density at radius 2 is 2.25 bits per heavy atom. The topological polar surface area (TPSA) is 55.6 Å². The van der Waals surface area contributed by atoms with Crippen molar-refractivity contribution in [3.63, 3.8) is 0 Å². The van der Waals surface area contributed by atoms with Crippen molar-refractivity contribution in [2.45, 2.75) is 45.3 Å². The van der Waals surface area contributed by atoms with Crippen LogP contribution < -0.4 is 15.4 Å². The van der Waals surface area contributed by atoms with Gasteiger partial charge in [0, 0.05) is 12.5 Å². The molecule has 1 unspecified atom stereocenters. The molecule has 20 heavy (non-hydrogen) atoms. The quantitative estimate of drug-likeness (QED) is 0.921. The second-order valence-corrected chi connectivity index (χ2v) is 5.73. The van der Waals surface area contributed by atoms with E-state index in [0.29, 0.717) is 13.1 Å². The molecule has 1 fully saturated rings. The molecule has 0 aromatic heterocycles. The molecule has 0 saturated heterocycles. The Hall–Kier alpha value is -1.55. The first-order chi connectivity index (χ1) is 9.72. The highest BCUT2D eigenvalue weighted by molar-refractivity contribution is 5.97. The van der Waals surface area contributed by atoms with E-state index in [2.05, 4.69) is 6.92 Å². The van der Waals surface area contributed by atoms with Gasteiger partial charge in [-0.15, -0.1) is 0 Å². The number of benzene rings is 1. The molecule has 4 nitrogen and oxygen atoms in total. The molecule has 1 saturated carbocycles. The number of nitrogens with two attached hydrogens (primary N) is 1. The lowest BCUT2D eigenvalue weighted by atomic mass is 9.84. The fourth-order valence-electron chi connectivity index (χ4n) is 2.82. The van der Waals surface area contributed by atoms with Crippen LogP contribution in [0.3, 0.4) is 0 Å². The normalized spacial score (nSPS) is 21.9. The molecule has 1 aliphatic heterocycles. The second-order valence-electron chi connectivity index (χ2n) is 5.73. The van der Waals surface area contributed by atoms with Crippen LogP contribution in [0.2, 0.25) is 0 Å². The zero-order valence-electron chi connectivity index (χ0n) is 12.0. The third kappa shape index (κ3) is 2.29. The molecular formula is C16H22N2O2. The Balaban J connectivity index is 1.92. The highest BCUT2D eigenvalue weighted by atomic mass is 16.5. The summed E-state index contributed by atoms with van der Waals surface area (Å²) in [5.41, 5.74) is 7.63. The average molecular weight is 274 g/mol. The first-order valence-electron chi connectivity index (χ1n) is 7.54. The highest BCUT2D eigenvalue weighted by Crippen LogP contribution is 2.38. The average Bonchev–Trinajstić information content (AvgIpc) is 2.43. The molecule has 1 atom stereocenters.